The van der Waals surface area contributed by atoms with Gasteiger partial charge < -0.3 is 9.84 Å². The number of esters is 1. The first-order chi connectivity index (χ1) is 12.3. The highest BCUT2D eigenvalue weighted by Gasteiger charge is 2.66. The molecule has 4 aliphatic carbocycles. The first kappa shape index (κ1) is 18.8. The predicted octanol–water partition coefficient (Wildman–Crippen LogP) is 5.31. The zero-order valence-electron chi connectivity index (χ0n) is 17.2. The number of rotatable bonds is 2. The fourth-order valence-electron chi connectivity index (χ4n) is 8.52. The first-order valence-electron chi connectivity index (χ1n) is 11.2. The minimum absolute atomic E-state index is 0.272. The van der Waals surface area contributed by atoms with Gasteiger partial charge in [-0.3, -0.25) is 4.79 Å². The number of aliphatic hydroxyl groups is 1. The Morgan fingerprint density at radius 2 is 1.81 bits per heavy atom. The van der Waals surface area contributed by atoms with Crippen molar-refractivity contribution in [3.8, 4) is 0 Å². The maximum Gasteiger partial charge on any atom is 0.305 e. The largest absolute Gasteiger partial charge is 0.433 e. The molecule has 2 unspecified atom stereocenters. The summed E-state index contributed by atoms with van der Waals surface area (Å²) in [6.45, 7) is 8.64. The fourth-order valence-corrected chi connectivity index (χ4v) is 8.52. The number of hydrogen-bond donors (Lipinski definition) is 1. The molecule has 0 spiro atoms. The lowest BCUT2D eigenvalue weighted by Gasteiger charge is -2.64. The Morgan fingerprint density at radius 3 is 2.50 bits per heavy atom. The summed E-state index contributed by atoms with van der Waals surface area (Å²) < 4.78 is 5.70. The molecular weight excluding hydrogens is 324 g/mol. The van der Waals surface area contributed by atoms with E-state index in [0.717, 1.165) is 18.3 Å². The summed E-state index contributed by atoms with van der Waals surface area (Å²) in [5.74, 6) is 1.77. The molecule has 8 atom stereocenters. The standard InChI is InChI=1S/C23H38O3/c1-5-16-9-11-19-18-10-8-17-7-6-13-23(25,26-15(2)24)22(17,4)20(18)12-14-21(16,19)3/h16-20,25H,5-14H2,1-4H3/t16-,17?,18-,19-,20-,21+,22-,23?/m0/s1. The molecule has 0 heterocycles. The third-order valence-corrected chi connectivity index (χ3v) is 9.82. The summed E-state index contributed by atoms with van der Waals surface area (Å²) in [5, 5.41) is 11.6. The highest BCUT2D eigenvalue weighted by molar-refractivity contribution is 5.66. The lowest BCUT2D eigenvalue weighted by atomic mass is 9.43. The number of carbonyl (C=O) groups excluding carboxylic acids is 1. The van der Waals surface area contributed by atoms with Crippen LogP contribution < -0.4 is 0 Å². The summed E-state index contributed by atoms with van der Waals surface area (Å²) in [4.78, 5) is 11.8. The molecular formula is C23H38O3. The maximum absolute atomic E-state index is 11.8. The Hall–Kier alpha value is -0.570. The van der Waals surface area contributed by atoms with E-state index in [0.29, 0.717) is 29.6 Å². The minimum Gasteiger partial charge on any atom is -0.433 e. The van der Waals surface area contributed by atoms with Gasteiger partial charge in [0, 0.05) is 18.8 Å². The monoisotopic (exact) mass is 362 g/mol. The zero-order chi connectivity index (χ0) is 18.7. The molecule has 1 N–H and O–H groups in total. The molecule has 0 aromatic heterocycles. The van der Waals surface area contributed by atoms with E-state index in [4.69, 9.17) is 4.74 Å². The maximum atomic E-state index is 11.8. The van der Waals surface area contributed by atoms with Crippen molar-refractivity contribution in [2.45, 2.75) is 97.7 Å². The summed E-state index contributed by atoms with van der Waals surface area (Å²) in [6.07, 6.45) is 11.8. The van der Waals surface area contributed by atoms with Gasteiger partial charge in [-0.15, -0.1) is 0 Å². The van der Waals surface area contributed by atoms with Crippen LogP contribution in [0, 0.1) is 40.4 Å². The third kappa shape index (κ3) is 2.38. The highest BCUT2D eigenvalue weighted by atomic mass is 16.7. The molecule has 26 heavy (non-hydrogen) atoms. The quantitative estimate of drug-likeness (QED) is 0.535. The second-order valence-electron chi connectivity index (χ2n) is 10.4. The van der Waals surface area contributed by atoms with Crippen LogP contribution in [0.2, 0.25) is 0 Å². The highest BCUT2D eigenvalue weighted by Crippen LogP contribution is 2.69. The van der Waals surface area contributed by atoms with Crippen molar-refractivity contribution in [1.82, 2.24) is 0 Å². The van der Waals surface area contributed by atoms with Gasteiger partial charge in [0.15, 0.2) is 0 Å². The average molecular weight is 363 g/mol. The van der Waals surface area contributed by atoms with Crippen LogP contribution in [0.15, 0.2) is 0 Å². The van der Waals surface area contributed by atoms with Crippen LogP contribution in [0.25, 0.3) is 0 Å². The lowest BCUT2D eigenvalue weighted by Crippen LogP contribution is -2.64. The Bertz CT molecular complexity index is 574. The Labute approximate surface area is 159 Å². The average Bonchev–Trinajstić information content (AvgIpc) is 2.92. The molecule has 4 saturated carbocycles. The van der Waals surface area contributed by atoms with Crippen LogP contribution in [0.4, 0.5) is 0 Å². The predicted molar refractivity (Wildman–Crippen MR) is 102 cm³/mol. The van der Waals surface area contributed by atoms with Crippen molar-refractivity contribution in [3.05, 3.63) is 0 Å². The minimum atomic E-state index is -1.26. The molecule has 0 aliphatic heterocycles. The summed E-state index contributed by atoms with van der Waals surface area (Å²) in [6, 6.07) is 0. The van der Waals surface area contributed by atoms with Gasteiger partial charge >= 0.3 is 5.97 Å². The van der Waals surface area contributed by atoms with E-state index in [2.05, 4.69) is 20.8 Å². The van der Waals surface area contributed by atoms with Gasteiger partial charge in [-0.25, -0.2) is 0 Å². The molecule has 3 nitrogen and oxygen atoms in total. The van der Waals surface area contributed by atoms with E-state index in [-0.39, 0.29) is 11.4 Å². The second-order valence-corrected chi connectivity index (χ2v) is 10.4. The van der Waals surface area contributed by atoms with Crippen LogP contribution in [0.1, 0.15) is 91.9 Å². The van der Waals surface area contributed by atoms with Gasteiger partial charge in [-0.1, -0.05) is 27.2 Å². The number of hydrogen-bond acceptors (Lipinski definition) is 3. The number of carbonyl (C=O) groups is 1. The molecule has 0 aromatic rings. The van der Waals surface area contributed by atoms with E-state index in [1.54, 1.807) is 0 Å². The van der Waals surface area contributed by atoms with Crippen molar-refractivity contribution in [1.29, 1.82) is 0 Å². The van der Waals surface area contributed by atoms with Gasteiger partial charge in [0.05, 0.1) is 0 Å². The van der Waals surface area contributed by atoms with Gasteiger partial charge in [0.1, 0.15) is 0 Å². The number of ether oxygens (including phenoxy) is 1. The summed E-state index contributed by atoms with van der Waals surface area (Å²) in [5.41, 5.74) is 0.221. The van der Waals surface area contributed by atoms with Crippen molar-refractivity contribution in [2.24, 2.45) is 40.4 Å². The van der Waals surface area contributed by atoms with Crippen molar-refractivity contribution in [3.63, 3.8) is 0 Å². The molecule has 4 rings (SSSR count). The van der Waals surface area contributed by atoms with E-state index < -0.39 is 5.79 Å². The molecule has 4 fully saturated rings. The Balaban J connectivity index is 1.69. The second kappa shape index (κ2) is 6.22. The fraction of sp³-hybridized carbons (Fsp3) is 0.957. The van der Waals surface area contributed by atoms with Gasteiger partial charge in [0.25, 0.3) is 0 Å². The van der Waals surface area contributed by atoms with E-state index >= 15 is 0 Å². The number of fused-ring (bicyclic) bond motifs is 5. The van der Waals surface area contributed by atoms with E-state index in [1.165, 1.54) is 58.3 Å². The Kier molecular flexibility index (Phi) is 4.49. The van der Waals surface area contributed by atoms with E-state index in [9.17, 15) is 9.90 Å². The molecule has 148 valence electrons. The molecule has 0 radical (unpaired) electrons. The lowest BCUT2D eigenvalue weighted by molar-refractivity contribution is -0.318. The smallest absolute Gasteiger partial charge is 0.305 e. The normalized spacial score (nSPS) is 53.3. The van der Waals surface area contributed by atoms with Gasteiger partial charge in [0.2, 0.25) is 5.79 Å². The molecule has 0 aromatic carbocycles. The van der Waals surface area contributed by atoms with Crippen molar-refractivity contribution < 1.29 is 14.6 Å². The molecule has 4 aliphatic rings. The third-order valence-electron chi connectivity index (χ3n) is 9.82. The van der Waals surface area contributed by atoms with E-state index in [1.807, 2.05) is 0 Å². The molecule has 0 saturated heterocycles. The van der Waals surface area contributed by atoms with Crippen LogP contribution in [0.5, 0.6) is 0 Å². The van der Waals surface area contributed by atoms with Gasteiger partial charge in [-0.05, 0) is 86.4 Å². The molecule has 0 amide bonds. The Morgan fingerprint density at radius 1 is 1.04 bits per heavy atom. The zero-order valence-corrected chi connectivity index (χ0v) is 17.2. The topological polar surface area (TPSA) is 46.5 Å². The van der Waals surface area contributed by atoms with Crippen molar-refractivity contribution >= 4 is 5.97 Å². The molecule has 0 bridgehead atoms. The van der Waals surface area contributed by atoms with Crippen LogP contribution in [-0.2, 0) is 9.53 Å². The van der Waals surface area contributed by atoms with Crippen molar-refractivity contribution in [2.75, 3.05) is 0 Å². The van der Waals surface area contributed by atoms with Gasteiger partial charge in [-0.2, -0.15) is 0 Å². The first-order valence-corrected chi connectivity index (χ1v) is 11.2. The van der Waals surface area contributed by atoms with Crippen LogP contribution >= 0.6 is 0 Å². The molecule has 3 heteroatoms. The van der Waals surface area contributed by atoms with Crippen LogP contribution in [-0.4, -0.2) is 16.9 Å². The summed E-state index contributed by atoms with van der Waals surface area (Å²) >= 11 is 0. The van der Waals surface area contributed by atoms with Crippen LogP contribution in [0.3, 0.4) is 0 Å². The SMILES string of the molecule is CC[C@H]1CC[C@H]2[C@@H]3CCC4CCCC(O)(OC(C)=O)[C@]4(C)[C@H]3CC[C@]12C. The summed E-state index contributed by atoms with van der Waals surface area (Å²) in [7, 11) is 0.